The molecule has 2 saturated heterocycles. The summed E-state index contributed by atoms with van der Waals surface area (Å²) in [6.07, 6.45) is 3.14. The Bertz CT molecular complexity index is 525. The summed E-state index contributed by atoms with van der Waals surface area (Å²) in [5.41, 5.74) is 0.332. The molecule has 0 radical (unpaired) electrons. The molecule has 2 unspecified atom stereocenters. The van der Waals surface area contributed by atoms with Crippen LogP contribution in [0.5, 0.6) is 5.75 Å². The number of halogens is 1. The predicted octanol–water partition coefficient (Wildman–Crippen LogP) is 2.50. The number of carbonyl (C=O) groups is 1. The van der Waals surface area contributed by atoms with E-state index in [0.29, 0.717) is 31.1 Å². The Balaban J connectivity index is 1.65. The van der Waals surface area contributed by atoms with Crippen LogP contribution in [0.15, 0.2) is 18.2 Å². The smallest absolute Gasteiger partial charge is 0.253 e. The molecule has 1 amide bonds. The summed E-state index contributed by atoms with van der Waals surface area (Å²) in [5, 5.41) is 2.70. The monoisotopic (exact) mass is 309 g/mol. The first-order valence-corrected chi connectivity index (χ1v) is 7.69. The van der Waals surface area contributed by atoms with Crippen LogP contribution in [0.25, 0.3) is 0 Å². The van der Waals surface area contributed by atoms with E-state index in [-0.39, 0.29) is 12.0 Å². The molecule has 120 valence electrons. The lowest BCUT2D eigenvalue weighted by Gasteiger charge is -2.16. The molecule has 1 N–H and O–H groups in total. The van der Waals surface area contributed by atoms with Crippen molar-refractivity contribution in [3.8, 4) is 5.75 Å². The van der Waals surface area contributed by atoms with Gasteiger partial charge in [-0.05, 0) is 37.8 Å². The minimum atomic E-state index is -0.464. The van der Waals surface area contributed by atoms with E-state index in [9.17, 15) is 9.18 Å². The first kappa shape index (κ1) is 15.2. The van der Waals surface area contributed by atoms with E-state index < -0.39 is 11.9 Å². The molecular weight excluding hydrogens is 289 g/mol. The number of amides is 1. The molecule has 2 fully saturated rings. The highest BCUT2D eigenvalue weighted by Crippen LogP contribution is 2.27. The van der Waals surface area contributed by atoms with Gasteiger partial charge in [0.1, 0.15) is 24.3 Å². The standard InChI is InChI=1S/C16H20FNO4/c17-11-5-6-14(22-10-12-3-1-7-20-12)13(9-11)18-16(19)15-4-2-8-21-15/h5-6,9,12,15H,1-4,7-8,10H2,(H,18,19). The molecule has 2 aliphatic rings. The SMILES string of the molecule is O=C(Nc1cc(F)ccc1OCC1CCCO1)C1CCCO1. The highest BCUT2D eigenvalue weighted by Gasteiger charge is 2.25. The first-order chi connectivity index (χ1) is 10.7. The third-order valence-corrected chi connectivity index (χ3v) is 3.87. The number of hydrogen-bond acceptors (Lipinski definition) is 4. The summed E-state index contributed by atoms with van der Waals surface area (Å²) in [6.45, 7) is 1.73. The second kappa shape index (κ2) is 7.07. The Morgan fingerprint density at radius 2 is 2.09 bits per heavy atom. The molecule has 6 heteroatoms. The van der Waals surface area contributed by atoms with Gasteiger partial charge in [-0.1, -0.05) is 0 Å². The maximum atomic E-state index is 13.5. The van der Waals surface area contributed by atoms with Crippen molar-refractivity contribution >= 4 is 11.6 Å². The van der Waals surface area contributed by atoms with Gasteiger partial charge in [-0.25, -0.2) is 4.39 Å². The second-order valence-electron chi connectivity index (χ2n) is 5.58. The molecule has 0 bridgehead atoms. The van der Waals surface area contributed by atoms with E-state index >= 15 is 0 Å². The van der Waals surface area contributed by atoms with Crippen LogP contribution in [0.2, 0.25) is 0 Å². The molecule has 2 aliphatic heterocycles. The minimum absolute atomic E-state index is 0.0618. The van der Waals surface area contributed by atoms with Gasteiger partial charge in [-0.15, -0.1) is 0 Å². The summed E-state index contributed by atoms with van der Waals surface area (Å²) >= 11 is 0. The Kier molecular flexibility index (Phi) is 4.90. The molecular formula is C16H20FNO4. The number of hydrogen-bond donors (Lipinski definition) is 1. The fourth-order valence-electron chi connectivity index (χ4n) is 2.68. The van der Waals surface area contributed by atoms with Crippen LogP contribution in [-0.4, -0.2) is 37.9 Å². The van der Waals surface area contributed by atoms with Gasteiger partial charge in [-0.3, -0.25) is 4.79 Å². The van der Waals surface area contributed by atoms with Crippen LogP contribution in [0, 0.1) is 5.82 Å². The summed E-state index contributed by atoms with van der Waals surface area (Å²) in [6, 6.07) is 4.10. The van der Waals surface area contributed by atoms with Gasteiger partial charge in [0.15, 0.2) is 0 Å². The zero-order chi connectivity index (χ0) is 15.4. The molecule has 0 aliphatic carbocycles. The van der Waals surface area contributed by atoms with Gasteiger partial charge in [0.05, 0.1) is 11.8 Å². The van der Waals surface area contributed by atoms with Crippen LogP contribution >= 0.6 is 0 Å². The minimum Gasteiger partial charge on any atom is -0.489 e. The fourth-order valence-corrected chi connectivity index (χ4v) is 2.68. The van der Waals surface area contributed by atoms with Crippen molar-refractivity contribution in [2.24, 2.45) is 0 Å². The molecule has 22 heavy (non-hydrogen) atoms. The quantitative estimate of drug-likeness (QED) is 0.908. The van der Waals surface area contributed by atoms with E-state index in [2.05, 4.69) is 5.32 Å². The van der Waals surface area contributed by atoms with Crippen molar-refractivity contribution in [1.29, 1.82) is 0 Å². The summed E-state index contributed by atoms with van der Waals surface area (Å²) in [5.74, 6) is -0.236. The van der Waals surface area contributed by atoms with Gasteiger partial charge < -0.3 is 19.5 Å². The number of anilines is 1. The third kappa shape index (κ3) is 3.75. The number of rotatable bonds is 5. The van der Waals surface area contributed by atoms with Gasteiger partial charge in [-0.2, -0.15) is 0 Å². The average Bonchev–Trinajstić information content (AvgIpc) is 3.20. The molecule has 5 nitrogen and oxygen atoms in total. The Morgan fingerprint density at radius 1 is 1.27 bits per heavy atom. The van der Waals surface area contributed by atoms with Crippen molar-refractivity contribution in [2.45, 2.75) is 37.9 Å². The van der Waals surface area contributed by atoms with Gasteiger partial charge in [0.2, 0.25) is 0 Å². The van der Waals surface area contributed by atoms with Gasteiger partial charge in [0.25, 0.3) is 5.91 Å². The lowest BCUT2D eigenvalue weighted by molar-refractivity contribution is -0.124. The lowest BCUT2D eigenvalue weighted by atomic mass is 10.2. The van der Waals surface area contributed by atoms with Crippen LogP contribution in [0.1, 0.15) is 25.7 Å². The van der Waals surface area contributed by atoms with E-state index in [1.807, 2.05) is 0 Å². The Hall–Kier alpha value is -1.66. The normalized spacial score (nSPS) is 24.4. The molecule has 0 aromatic heterocycles. The van der Waals surface area contributed by atoms with Gasteiger partial charge in [0, 0.05) is 19.3 Å². The highest BCUT2D eigenvalue weighted by atomic mass is 19.1. The number of carbonyl (C=O) groups excluding carboxylic acids is 1. The fraction of sp³-hybridized carbons (Fsp3) is 0.562. The number of nitrogens with one attached hydrogen (secondary N) is 1. The van der Waals surface area contributed by atoms with E-state index in [0.717, 1.165) is 25.9 Å². The van der Waals surface area contributed by atoms with Crippen molar-refractivity contribution in [3.63, 3.8) is 0 Å². The maximum Gasteiger partial charge on any atom is 0.253 e. The first-order valence-electron chi connectivity index (χ1n) is 7.69. The highest BCUT2D eigenvalue weighted by molar-refractivity contribution is 5.95. The van der Waals surface area contributed by atoms with Crippen LogP contribution < -0.4 is 10.1 Å². The van der Waals surface area contributed by atoms with Gasteiger partial charge >= 0.3 is 0 Å². The topological polar surface area (TPSA) is 56.8 Å². The van der Waals surface area contributed by atoms with Crippen LogP contribution in [0.3, 0.4) is 0 Å². The molecule has 0 spiro atoms. The lowest BCUT2D eigenvalue weighted by Crippen LogP contribution is -2.27. The van der Waals surface area contributed by atoms with E-state index in [1.54, 1.807) is 0 Å². The molecule has 0 saturated carbocycles. The summed E-state index contributed by atoms with van der Waals surface area (Å²) < 4.78 is 30.0. The van der Waals surface area contributed by atoms with Crippen molar-refractivity contribution in [2.75, 3.05) is 25.1 Å². The summed E-state index contributed by atoms with van der Waals surface area (Å²) in [4.78, 5) is 12.1. The zero-order valence-corrected chi connectivity index (χ0v) is 12.3. The van der Waals surface area contributed by atoms with Crippen LogP contribution in [0.4, 0.5) is 10.1 Å². The molecule has 1 aromatic carbocycles. The van der Waals surface area contributed by atoms with Crippen molar-refractivity contribution in [1.82, 2.24) is 0 Å². The largest absolute Gasteiger partial charge is 0.489 e. The summed E-state index contributed by atoms with van der Waals surface area (Å²) in [7, 11) is 0. The van der Waals surface area contributed by atoms with Crippen molar-refractivity contribution < 1.29 is 23.4 Å². The Morgan fingerprint density at radius 3 is 2.82 bits per heavy atom. The third-order valence-electron chi connectivity index (χ3n) is 3.87. The Labute approximate surface area is 128 Å². The average molecular weight is 309 g/mol. The van der Waals surface area contributed by atoms with E-state index in [4.69, 9.17) is 14.2 Å². The van der Waals surface area contributed by atoms with E-state index in [1.165, 1.54) is 18.2 Å². The number of benzene rings is 1. The zero-order valence-electron chi connectivity index (χ0n) is 12.3. The molecule has 2 heterocycles. The van der Waals surface area contributed by atoms with Crippen molar-refractivity contribution in [3.05, 3.63) is 24.0 Å². The second-order valence-corrected chi connectivity index (χ2v) is 5.58. The molecule has 3 rings (SSSR count). The molecule has 1 aromatic rings. The number of ether oxygens (including phenoxy) is 3. The predicted molar refractivity (Wildman–Crippen MR) is 78.5 cm³/mol. The maximum absolute atomic E-state index is 13.5. The van der Waals surface area contributed by atoms with Crippen LogP contribution in [-0.2, 0) is 14.3 Å². The molecule has 2 atom stereocenters.